The van der Waals surface area contributed by atoms with Crippen LogP contribution in [-0.2, 0) is 0 Å². The molecule has 5 heteroatoms. The molecule has 0 aliphatic heterocycles. The average molecular weight is 588 g/mol. The van der Waals surface area contributed by atoms with E-state index in [0.717, 1.165) is 22.4 Å². The molecular formula is C41H25N5. The highest BCUT2D eigenvalue weighted by Gasteiger charge is 2.22. The summed E-state index contributed by atoms with van der Waals surface area (Å²) in [6.07, 6.45) is 2.20. The zero-order valence-corrected chi connectivity index (χ0v) is 24.7. The normalized spacial score (nSPS) is 11.9. The van der Waals surface area contributed by atoms with Gasteiger partial charge >= 0.3 is 0 Å². The summed E-state index contributed by atoms with van der Waals surface area (Å²) in [5.41, 5.74) is 8.75. The van der Waals surface area contributed by atoms with Crippen LogP contribution >= 0.6 is 0 Å². The third-order valence-electron chi connectivity index (χ3n) is 9.10. The van der Waals surface area contributed by atoms with Crippen LogP contribution in [0.25, 0.3) is 88.8 Å². The predicted molar refractivity (Wildman–Crippen MR) is 188 cm³/mol. The second kappa shape index (κ2) is 9.58. The van der Waals surface area contributed by atoms with Crippen LogP contribution < -0.4 is 0 Å². The average Bonchev–Trinajstić information content (AvgIpc) is 3.81. The lowest BCUT2D eigenvalue weighted by Gasteiger charge is -2.12. The smallest absolute Gasteiger partial charge is 0.164 e. The van der Waals surface area contributed by atoms with E-state index in [2.05, 4.69) is 100 Å². The van der Waals surface area contributed by atoms with Gasteiger partial charge in [0.1, 0.15) is 0 Å². The lowest BCUT2D eigenvalue weighted by Crippen LogP contribution is -2.01. The van der Waals surface area contributed by atoms with Crippen LogP contribution in [0.3, 0.4) is 0 Å². The second-order valence-electron chi connectivity index (χ2n) is 11.7. The monoisotopic (exact) mass is 587 g/mol. The first-order chi connectivity index (χ1) is 22.8. The van der Waals surface area contributed by atoms with Crippen LogP contribution in [0.5, 0.6) is 0 Å². The molecule has 0 fully saturated rings. The molecule has 6 aromatic carbocycles. The van der Waals surface area contributed by atoms with Gasteiger partial charge in [0.25, 0.3) is 0 Å². The van der Waals surface area contributed by atoms with Crippen molar-refractivity contribution >= 4 is 49.0 Å². The Balaban J connectivity index is 1.26. The van der Waals surface area contributed by atoms with E-state index >= 15 is 0 Å². The van der Waals surface area contributed by atoms with Gasteiger partial charge in [-0.05, 0) is 36.4 Å². The minimum atomic E-state index is 0.640. The highest BCUT2D eigenvalue weighted by molar-refractivity contribution is 6.29. The minimum absolute atomic E-state index is 0.640. The van der Waals surface area contributed by atoms with E-state index in [-0.39, 0.29) is 0 Å². The maximum Gasteiger partial charge on any atom is 0.164 e. The molecule has 0 saturated carbocycles. The maximum absolute atomic E-state index is 5.02. The van der Waals surface area contributed by atoms with Gasteiger partial charge in [-0.1, -0.05) is 109 Å². The summed E-state index contributed by atoms with van der Waals surface area (Å²) in [7, 11) is 0. The Hall–Kier alpha value is -6.33. The van der Waals surface area contributed by atoms with Gasteiger partial charge in [0, 0.05) is 55.5 Å². The fraction of sp³-hybridized carbons (Fsp3) is 0. The van der Waals surface area contributed by atoms with Crippen LogP contribution in [0, 0.1) is 0 Å². The van der Waals surface area contributed by atoms with Crippen molar-refractivity contribution in [1.82, 2.24) is 23.9 Å². The molecule has 0 bridgehead atoms. The van der Waals surface area contributed by atoms with Crippen LogP contribution in [0.2, 0.25) is 0 Å². The number of benzene rings is 6. The van der Waals surface area contributed by atoms with Gasteiger partial charge in [0.15, 0.2) is 17.5 Å². The lowest BCUT2D eigenvalue weighted by atomic mass is 10.1. The molecule has 0 aliphatic carbocycles. The third-order valence-corrected chi connectivity index (χ3v) is 9.10. The van der Waals surface area contributed by atoms with Crippen LogP contribution in [0.1, 0.15) is 0 Å². The SMILES string of the molecule is c1ccc(-c2nc(-c3ccccc3)nc(-c3cccc(-n4c5ccccc5c5cc6ccn7c8ccccc8c(c54)c67)c3)n2)cc1. The first-order valence-corrected chi connectivity index (χ1v) is 15.5. The molecular weight excluding hydrogens is 562 g/mol. The highest BCUT2D eigenvalue weighted by atomic mass is 15.0. The zero-order valence-electron chi connectivity index (χ0n) is 24.7. The van der Waals surface area contributed by atoms with E-state index in [1.165, 1.54) is 49.0 Å². The first kappa shape index (κ1) is 25.0. The van der Waals surface area contributed by atoms with Crippen molar-refractivity contribution in [2.45, 2.75) is 0 Å². The molecule has 214 valence electrons. The lowest BCUT2D eigenvalue weighted by molar-refractivity contribution is 1.07. The van der Waals surface area contributed by atoms with Crippen molar-refractivity contribution in [1.29, 1.82) is 0 Å². The number of hydrogen-bond donors (Lipinski definition) is 0. The van der Waals surface area contributed by atoms with Gasteiger partial charge in [0.2, 0.25) is 0 Å². The van der Waals surface area contributed by atoms with Gasteiger partial charge in [-0.25, -0.2) is 15.0 Å². The summed E-state index contributed by atoms with van der Waals surface area (Å²) in [5.74, 6) is 1.95. The van der Waals surface area contributed by atoms with E-state index in [1.54, 1.807) is 0 Å². The molecule has 0 unspecified atom stereocenters. The molecule has 5 nitrogen and oxygen atoms in total. The molecule has 0 spiro atoms. The predicted octanol–water partition coefficient (Wildman–Crippen LogP) is 9.97. The molecule has 10 rings (SSSR count). The summed E-state index contributed by atoms with van der Waals surface area (Å²) in [5, 5.41) is 6.26. The van der Waals surface area contributed by atoms with E-state index < -0.39 is 0 Å². The van der Waals surface area contributed by atoms with Crippen LogP contribution in [-0.4, -0.2) is 23.9 Å². The van der Waals surface area contributed by atoms with Crippen molar-refractivity contribution in [3.05, 3.63) is 152 Å². The molecule has 4 aromatic heterocycles. The summed E-state index contributed by atoms with van der Waals surface area (Å²) in [4.78, 5) is 14.9. The van der Waals surface area contributed by atoms with Gasteiger partial charge < -0.3 is 8.97 Å². The Labute approximate surface area is 264 Å². The summed E-state index contributed by atoms with van der Waals surface area (Å²) >= 11 is 0. The van der Waals surface area contributed by atoms with Crippen LogP contribution in [0.15, 0.2) is 152 Å². The van der Waals surface area contributed by atoms with Crippen molar-refractivity contribution in [2.24, 2.45) is 0 Å². The van der Waals surface area contributed by atoms with E-state index in [0.29, 0.717) is 17.5 Å². The first-order valence-electron chi connectivity index (χ1n) is 15.5. The number of hydrogen-bond acceptors (Lipinski definition) is 3. The highest BCUT2D eigenvalue weighted by Crippen LogP contribution is 2.43. The molecule has 46 heavy (non-hydrogen) atoms. The van der Waals surface area contributed by atoms with E-state index in [9.17, 15) is 0 Å². The largest absolute Gasteiger partial charge is 0.315 e. The second-order valence-corrected chi connectivity index (χ2v) is 11.7. The molecule has 0 aliphatic rings. The fourth-order valence-electron chi connectivity index (χ4n) is 7.09. The molecule has 4 heterocycles. The molecule has 0 amide bonds. The van der Waals surface area contributed by atoms with Gasteiger partial charge in [-0.3, -0.25) is 0 Å². The number of aromatic nitrogens is 5. The number of para-hydroxylation sites is 2. The zero-order chi connectivity index (χ0) is 30.2. The van der Waals surface area contributed by atoms with E-state index in [4.69, 9.17) is 15.0 Å². The molecule has 0 radical (unpaired) electrons. The maximum atomic E-state index is 5.02. The quantitative estimate of drug-likeness (QED) is 0.206. The van der Waals surface area contributed by atoms with Gasteiger partial charge in [-0.2, -0.15) is 0 Å². The molecule has 0 saturated heterocycles. The molecule has 0 N–H and O–H groups in total. The number of fused-ring (bicyclic) bond motifs is 7. The Morgan fingerprint density at radius 3 is 1.72 bits per heavy atom. The molecule has 10 aromatic rings. The number of rotatable bonds is 4. The standard InChI is InChI=1S/C41H25N5/c1-3-12-26(13-4-1)39-42-40(27-14-5-2-6-15-27)44-41(43-39)29-16-11-17-30(24-29)46-35-21-10-7-18-31(35)33-25-28-22-23-45-34-20-9-8-19-32(34)36(37(28)45)38(33)46/h1-25H. The van der Waals surface area contributed by atoms with Crippen molar-refractivity contribution in [3.8, 4) is 39.9 Å². The third kappa shape index (κ3) is 3.60. The number of nitrogens with zero attached hydrogens (tertiary/aromatic N) is 5. The van der Waals surface area contributed by atoms with E-state index in [1.807, 2.05) is 60.7 Å². The molecule has 0 atom stereocenters. The van der Waals surface area contributed by atoms with Gasteiger partial charge in [0.05, 0.1) is 22.1 Å². The summed E-state index contributed by atoms with van der Waals surface area (Å²) in [6.45, 7) is 0. The van der Waals surface area contributed by atoms with Crippen LogP contribution in [0.4, 0.5) is 0 Å². The Kier molecular flexibility index (Phi) is 5.22. The summed E-state index contributed by atoms with van der Waals surface area (Å²) < 4.78 is 4.75. The summed E-state index contributed by atoms with van der Waals surface area (Å²) in [6, 6.07) is 50.8. The Morgan fingerprint density at radius 2 is 1.00 bits per heavy atom. The topological polar surface area (TPSA) is 48.0 Å². The van der Waals surface area contributed by atoms with Crippen molar-refractivity contribution in [3.63, 3.8) is 0 Å². The van der Waals surface area contributed by atoms with Gasteiger partial charge in [-0.15, -0.1) is 0 Å². The minimum Gasteiger partial charge on any atom is -0.315 e. The Bertz CT molecular complexity index is 2680. The van der Waals surface area contributed by atoms with Crippen molar-refractivity contribution < 1.29 is 0 Å². The Morgan fingerprint density at radius 1 is 0.413 bits per heavy atom. The van der Waals surface area contributed by atoms with Crippen molar-refractivity contribution in [2.75, 3.05) is 0 Å². The fourth-order valence-corrected chi connectivity index (χ4v) is 7.09.